The van der Waals surface area contributed by atoms with Gasteiger partial charge in [-0.2, -0.15) is 0 Å². The summed E-state index contributed by atoms with van der Waals surface area (Å²) in [5.41, 5.74) is 1.64. The van der Waals surface area contributed by atoms with Crippen molar-refractivity contribution in [1.82, 2.24) is 0 Å². The third kappa shape index (κ3) is 1.91. The van der Waals surface area contributed by atoms with Crippen LogP contribution in [0.15, 0.2) is 11.6 Å². The van der Waals surface area contributed by atoms with E-state index in [1.54, 1.807) is 0 Å². The van der Waals surface area contributed by atoms with Crippen LogP contribution in [0.5, 0.6) is 0 Å². The highest BCUT2D eigenvalue weighted by Crippen LogP contribution is 2.61. The van der Waals surface area contributed by atoms with E-state index in [1.165, 1.54) is 31.3 Å². The van der Waals surface area contributed by atoms with Crippen molar-refractivity contribution in [2.45, 2.75) is 64.9 Å². The first-order valence-corrected chi connectivity index (χ1v) is 8.93. The average molecular weight is 288 g/mol. The largest absolute Gasteiger partial charge is 0.393 e. The molecular formula is C19H28O2. The number of hydrogen-bond acceptors (Lipinski definition) is 2. The second-order valence-electron chi connectivity index (χ2n) is 8.48. The van der Waals surface area contributed by atoms with Gasteiger partial charge >= 0.3 is 0 Å². The minimum atomic E-state index is -0.0766. The number of carbonyl (C=O) groups is 1. The number of carbonyl (C=O) groups excluding carboxylic acids is 1. The van der Waals surface area contributed by atoms with Crippen LogP contribution in [0.1, 0.15) is 58.8 Å². The molecule has 1 N–H and O–H groups in total. The molecule has 0 radical (unpaired) electrons. The molecule has 0 aromatic heterocycles. The predicted molar refractivity (Wildman–Crippen MR) is 82.6 cm³/mol. The zero-order valence-electron chi connectivity index (χ0n) is 13.3. The summed E-state index contributed by atoms with van der Waals surface area (Å²) in [4.78, 5) is 12.0. The van der Waals surface area contributed by atoms with Gasteiger partial charge in [0, 0.05) is 5.92 Å². The summed E-state index contributed by atoms with van der Waals surface area (Å²) in [5.74, 6) is 3.54. The number of allylic oxidation sites excluding steroid dienone is 1. The summed E-state index contributed by atoms with van der Waals surface area (Å²) in [6, 6.07) is 0. The van der Waals surface area contributed by atoms with Crippen LogP contribution in [-0.2, 0) is 4.79 Å². The van der Waals surface area contributed by atoms with Crippen molar-refractivity contribution in [2.24, 2.45) is 35.0 Å². The van der Waals surface area contributed by atoms with Gasteiger partial charge in [0.2, 0.25) is 0 Å². The molecule has 4 aliphatic carbocycles. The maximum absolute atomic E-state index is 12.0. The summed E-state index contributed by atoms with van der Waals surface area (Å²) >= 11 is 0. The highest BCUT2D eigenvalue weighted by molar-refractivity contribution is 5.93. The zero-order valence-corrected chi connectivity index (χ0v) is 13.3. The van der Waals surface area contributed by atoms with Crippen LogP contribution in [0, 0.1) is 35.0 Å². The molecule has 116 valence electrons. The SMILES string of the molecule is C[C@H]1C[C@H]2C(=CC1=O)CC[C@@H]1[C@@H]2CCC2(C)[C@@H](O)CC[C@@H]12. The molecule has 0 amide bonds. The Morgan fingerprint density at radius 1 is 1.19 bits per heavy atom. The first-order chi connectivity index (χ1) is 10.0. The molecule has 3 fully saturated rings. The monoisotopic (exact) mass is 288 g/mol. The van der Waals surface area contributed by atoms with E-state index in [2.05, 4.69) is 13.8 Å². The van der Waals surface area contributed by atoms with Crippen molar-refractivity contribution >= 4 is 5.78 Å². The van der Waals surface area contributed by atoms with Crippen molar-refractivity contribution in [3.8, 4) is 0 Å². The molecule has 0 spiro atoms. The van der Waals surface area contributed by atoms with Gasteiger partial charge in [0.15, 0.2) is 5.78 Å². The van der Waals surface area contributed by atoms with Crippen molar-refractivity contribution in [1.29, 1.82) is 0 Å². The second kappa shape index (κ2) is 4.68. The molecule has 4 aliphatic rings. The van der Waals surface area contributed by atoms with E-state index in [4.69, 9.17) is 0 Å². The van der Waals surface area contributed by atoms with Gasteiger partial charge in [-0.05, 0) is 80.1 Å². The van der Waals surface area contributed by atoms with Crippen LogP contribution in [0.25, 0.3) is 0 Å². The topological polar surface area (TPSA) is 37.3 Å². The van der Waals surface area contributed by atoms with Gasteiger partial charge in [-0.1, -0.05) is 19.4 Å². The highest BCUT2D eigenvalue weighted by atomic mass is 16.3. The number of ketones is 1. The molecule has 7 atom stereocenters. The predicted octanol–water partition coefficient (Wildman–Crippen LogP) is 3.74. The minimum Gasteiger partial charge on any atom is -0.393 e. The summed E-state index contributed by atoms with van der Waals surface area (Å²) in [6.45, 7) is 4.44. The number of rotatable bonds is 0. The van der Waals surface area contributed by atoms with E-state index in [1.807, 2.05) is 6.08 Å². The van der Waals surface area contributed by atoms with E-state index in [0.717, 1.165) is 37.0 Å². The Morgan fingerprint density at radius 3 is 2.81 bits per heavy atom. The summed E-state index contributed by atoms with van der Waals surface area (Å²) in [5, 5.41) is 10.4. The fraction of sp³-hybridized carbons (Fsp3) is 0.842. The van der Waals surface area contributed by atoms with Gasteiger partial charge in [0.1, 0.15) is 0 Å². The fourth-order valence-corrected chi connectivity index (χ4v) is 6.33. The van der Waals surface area contributed by atoms with E-state index < -0.39 is 0 Å². The van der Waals surface area contributed by atoms with Gasteiger partial charge in [0.05, 0.1) is 6.10 Å². The number of fused-ring (bicyclic) bond motifs is 5. The van der Waals surface area contributed by atoms with E-state index in [9.17, 15) is 9.90 Å². The lowest BCUT2D eigenvalue weighted by atomic mass is 9.51. The molecule has 0 saturated heterocycles. The fourth-order valence-electron chi connectivity index (χ4n) is 6.33. The molecule has 0 aromatic carbocycles. The van der Waals surface area contributed by atoms with Crippen LogP contribution in [-0.4, -0.2) is 17.0 Å². The molecule has 2 nitrogen and oxygen atoms in total. The Bertz CT molecular complexity index is 494. The Balaban J connectivity index is 1.63. The van der Waals surface area contributed by atoms with E-state index in [0.29, 0.717) is 11.7 Å². The lowest BCUT2D eigenvalue weighted by molar-refractivity contribution is -0.119. The zero-order chi connectivity index (χ0) is 14.8. The molecule has 0 aliphatic heterocycles. The second-order valence-corrected chi connectivity index (χ2v) is 8.48. The smallest absolute Gasteiger partial charge is 0.158 e. The Hall–Kier alpha value is -0.630. The third-order valence-corrected chi connectivity index (χ3v) is 7.62. The molecule has 2 heteroatoms. The molecular weight excluding hydrogens is 260 g/mol. The molecule has 0 bridgehead atoms. The van der Waals surface area contributed by atoms with Crippen molar-refractivity contribution in [3.05, 3.63) is 11.6 Å². The minimum absolute atomic E-state index is 0.0766. The van der Waals surface area contributed by atoms with Crippen LogP contribution in [0.3, 0.4) is 0 Å². The molecule has 1 unspecified atom stereocenters. The Labute approximate surface area is 128 Å². The van der Waals surface area contributed by atoms with Gasteiger partial charge < -0.3 is 5.11 Å². The van der Waals surface area contributed by atoms with Gasteiger partial charge in [-0.25, -0.2) is 0 Å². The summed E-state index contributed by atoms with van der Waals surface area (Å²) in [7, 11) is 0. The van der Waals surface area contributed by atoms with Crippen LogP contribution >= 0.6 is 0 Å². The lowest BCUT2D eigenvalue weighted by Gasteiger charge is -2.53. The third-order valence-electron chi connectivity index (χ3n) is 7.62. The molecule has 3 saturated carbocycles. The van der Waals surface area contributed by atoms with Crippen molar-refractivity contribution in [3.63, 3.8) is 0 Å². The van der Waals surface area contributed by atoms with Gasteiger partial charge in [0.25, 0.3) is 0 Å². The molecule has 4 rings (SSSR count). The number of hydrogen-bond donors (Lipinski definition) is 1. The quantitative estimate of drug-likeness (QED) is 0.737. The Morgan fingerprint density at radius 2 is 2.00 bits per heavy atom. The van der Waals surface area contributed by atoms with E-state index >= 15 is 0 Å². The number of aliphatic hydroxyl groups excluding tert-OH is 1. The summed E-state index contributed by atoms with van der Waals surface area (Å²) < 4.78 is 0. The van der Waals surface area contributed by atoms with Crippen LogP contribution < -0.4 is 0 Å². The standard InChI is InChI=1S/C19H28O2/c1-11-9-15-12(10-17(11)20)3-4-14-13(15)7-8-19(2)16(14)5-6-18(19)21/h10-11,13-16,18,21H,3-9H2,1-2H3/t11-,13-,14+,15-,16-,18-,19?/m0/s1. The highest BCUT2D eigenvalue weighted by Gasteiger charge is 2.56. The van der Waals surface area contributed by atoms with Crippen LogP contribution in [0.2, 0.25) is 0 Å². The lowest BCUT2D eigenvalue weighted by Crippen LogP contribution is -2.48. The van der Waals surface area contributed by atoms with Gasteiger partial charge in [-0.3, -0.25) is 4.79 Å². The van der Waals surface area contributed by atoms with Gasteiger partial charge in [-0.15, -0.1) is 0 Å². The average Bonchev–Trinajstić information content (AvgIpc) is 2.76. The van der Waals surface area contributed by atoms with Crippen molar-refractivity contribution in [2.75, 3.05) is 0 Å². The maximum Gasteiger partial charge on any atom is 0.158 e. The summed E-state index contributed by atoms with van der Waals surface area (Å²) in [6.07, 6.45) is 10.1. The normalized spacial score (nSPS) is 52.7. The van der Waals surface area contributed by atoms with E-state index in [-0.39, 0.29) is 17.4 Å². The Kier molecular flexibility index (Phi) is 3.12. The first-order valence-electron chi connectivity index (χ1n) is 8.93. The number of aliphatic hydroxyl groups is 1. The van der Waals surface area contributed by atoms with Crippen molar-refractivity contribution < 1.29 is 9.90 Å². The van der Waals surface area contributed by atoms with Crippen LogP contribution in [0.4, 0.5) is 0 Å². The first kappa shape index (κ1) is 14.0. The molecule has 0 heterocycles. The maximum atomic E-state index is 12.0. The molecule has 0 aromatic rings. The molecule has 21 heavy (non-hydrogen) atoms.